The van der Waals surface area contributed by atoms with Gasteiger partial charge in [-0.05, 0) is 25.5 Å². The predicted octanol–water partition coefficient (Wildman–Crippen LogP) is 0.340. The molecule has 0 aliphatic heterocycles. The molecule has 0 spiro atoms. The van der Waals surface area contributed by atoms with Gasteiger partial charge in [0.2, 0.25) is 0 Å². The standard InChI is InChI=1S/C20H28N4O8/c1-12-8-23(20(27)22-19(12)26)9-17(25)18(30-3)10-31-11-32-13(2)15-6-14(7-21)4-5-16(15)24(28)29/h4-6,8,13,17-18,25H,7,9-11,21H2,1-3H3,(H,22,26,27). The van der Waals surface area contributed by atoms with Gasteiger partial charge in [0.05, 0.1) is 29.7 Å². The molecule has 1 heterocycles. The highest BCUT2D eigenvalue weighted by atomic mass is 16.7. The van der Waals surface area contributed by atoms with Crippen LogP contribution in [0.1, 0.15) is 29.7 Å². The zero-order valence-corrected chi connectivity index (χ0v) is 18.1. The number of benzene rings is 1. The van der Waals surface area contributed by atoms with Crippen molar-refractivity contribution in [2.75, 3.05) is 20.5 Å². The highest BCUT2D eigenvalue weighted by Gasteiger charge is 2.22. The molecule has 3 unspecified atom stereocenters. The largest absolute Gasteiger partial charge is 0.388 e. The van der Waals surface area contributed by atoms with Crippen LogP contribution in [0.2, 0.25) is 0 Å². The lowest BCUT2D eigenvalue weighted by molar-refractivity contribution is -0.386. The molecule has 32 heavy (non-hydrogen) atoms. The van der Waals surface area contributed by atoms with E-state index in [9.17, 15) is 24.8 Å². The molecular formula is C20H28N4O8. The number of nitro groups is 1. The van der Waals surface area contributed by atoms with E-state index in [0.717, 1.165) is 5.56 Å². The van der Waals surface area contributed by atoms with Crippen molar-refractivity contribution in [3.05, 3.63) is 72.0 Å². The number of hydrogen-bond acceptors (Lipinski definition) is 9. The number of rotatable bonds is 12. The van der Waals surface area contributed by atoms with Crippen LogP contribution < -0.4 is 17.0 Å². The summed E-state index contributed by atoms with van der Waals surface area (Å²) in [4.78, 5) is 36.3. The van der Waals surface area contributed by atoms with Crippen LogP contribution in [-0.2, 0) is 27.3 Å². The Morgan fingerprint density at radius 3 is 2.69 bits per heavy atom. The SMILES string of the molecule is COC(COCOC(C)c1cc(CN)ccc1[N+](=O)[O-])C(O)Cn1cc(C)c(=O)[nH]c1=O. The van der Waals surface area contributed by atoms with Crippen molar-refractivity contribution in [3.63, 3.8) is 0 Å². The first-order valence-electron chi connectivity index (χ1n) is 9.85. The number of H-pyrrole nitrogens is 1. The molecule has 0 bridgehead atoms. The molecule has 0 aliphatic carbocycles. The summed E-state index contributed by atoms with van der Waals surface area (Å²) in [6.45, 7) is 3.04. The van der Waals surface area contributed by atoms with Gasteiger partial charge in [-0.3, -0.25) is 24.5 Å². The second-order valence-corrected chi connectivity index (χ2v) is 7.22. The molecule has 0 fully saturated rings. The van der Waals surface area contributed by atoms with E-state index < -0.39 is 34.5 Å². The number of nitro benzene ring substituents is 1. The number of nitrogens with two attached hydrogens (primary N) is 1. The number of ether oxygens (including phenoxy) is 3. The Kier molecular flexibility index (Phi) is 9.23. The zero-order valence-electron chi connectivity index (χ0n) is 18.1. The summed E-state index contributed by atoms with van der Waals surface area (Å²) in [5.74, 6) is 0. The van der Waals surface area contributed by atoms with Crippen molar-refractivity contribution in [2.24, 2.45) is 5.73 Å². The third-order valence-electron chi connectivity index (χ3n) is 4.95. The third kappa shape index (κ3) is 6.55. The van der Waals surface area contributed by atoms with Gasteiger partial charge >= 0.3 is 5.69 Å². The second-order valence-electron chi connectivity index (χ2n) is 7.22. The maximum atomic E-state index is 11.9. The van der Waals surface area contributed by atoms with Crippen LogP contribution in [0.3, 0.4) is 0 Å². The lowest BCUT2D eigenvalue weighted by Gasteiger charge is -2.23. The summed E-state index contributed by atoms with van der Waals surface area (Å²) in [6, 6.07) is 4.59. The van der Waals surface area contributed by atoms with Crippen LogP contribution in [-0.4, -0.2) is 52.3 Å². The summed E-state index contributed by atoms with van der Waals surface area (Å²) in [6.07, 6.45) is -1.19. The van der Waals surface area contributed by atoms with Gasteiger partial charge < -0.3 is 25.1 Å². The minimum atomic E-state index is -1.11. The van der Waals surface area contributed by atoms with Crippen molar-refractivity contribution in [2.45, 2.75) is 45.2 Å². The van der Waals surface area contributed by atoms with Crippen LogP contribution >= 0.6 is 0 Å². The number of nitrogens with zero attached hydrogens (tertiary/aromatic N) is 2. The number of aliphatic hydroxyl groups excluding tert-OH is 1. The molecule has 4 N–H and O–H groups in total. The number of nitrogens with one attached hydrogen (secondary N) is 1. The van der Waals surface area contributed by atoms with Crippen LogP contribution in [0, 0.1) is 17.0 Å². The quantitative estimate of drug-likeness (QED) is 0.178. The molecule has 0 saturated carbocycles. The average molecular weight is 452 g/mol. The molecule has 0 radical (unpaired) electrons. The van der Waals surface area contributed by atoms with Crippen LogP contribution in [0.25, 0.3) is 0 Å². The van der Waals surface area contributed by atoms with Gasteiger partial charge in [0.25, 0.3) is 11.2 Å². The fourth-order valence-corrected chi connectivity index (χ4v) is 3.04. The summed E-state index contributed by atoms with van der Waals surface area (Å²) in [7, 11) is 1.38. The lowest BCUT2D eigenvalue weighted by Crippen LogP contribution is -2.40. The molecular weight excluding hydrogens is 424 g/mol. The van der Waals surface area contributed by atoms with Gasteiger partial charge in [-0.25, -0.2) is 4.79 Å². The highest BCUT2D eigenvalue weighted by Crippen LogP contribution is 2.28. The van der Waals surface area contributed by atoms with E-state index in [0.29, 0.717) is 11.1 Å². The summed E-state index contributed by atoms with van der Waals surface area (Å²) in [5, 5.41) is 21.7. The Balaban J connectivity index is 1.93. The van der Waals surface area contributed by atoms with Crippen LogP contribution in [0.4, 0.5) is 5.69 Å². The Morgan fingerprint density at radius 2 is 2.06 bits per heavy atom. The van der Waals surface area contributed by atoms with Gasteiger partial charge in [-0.1, -0.05) is 6.07 Å². The summed E-state index contributed by atoms with van der Waals surface area (Å²) >= 11 is 0. The van der Waals surface area contributed by atoms with Gasteiger partial charge in [-0.15, -0.1) is 0 Å². The number of aryl methyl sites for hydroxylation is 1. The third-order valence-corrected chi connectivity index (χ3v) is 4.95. The molecule has 1 aromatic carbocycles. The molecule has 176 valence electrons. The zero-order chi connectivity index (χ0) is 23.8. The minimum absolute atomic E-state index is 0.0631. The number of aromatic amines is 1. The smallest absolute Gasteiger partial charge is 0.328 e. The van der Waals surface area contributed by atoms with Crippen molar-refractivity contribution in [3.8, 4) is 0 Å². The summed E-state index contributed by atoms with van der Waals surface area (Å²) in [5.41, 5.74) is 5.83. The Labute approximate surface area is 183 Å². The predicted molar refractivity (Wildman–Crippen MR) is 114 cm³/mol. The topological polar surface area (TPSA) is 172 Å². The maximum Gasteiger partial charge on any atom is 0.328 e. The monoisotopic (exact) mass is 452 g/mol. The van der Waals surface area contributed by atoms with Gasteiger partial charge in [-0.2, -0.15) is 0 Å². The minimum Gasteiger partial charge on any atom is -0.388 e. The van der Waals surface area contributed by atoms with Gasteiger partial charge in [0.15, 0.2) is 0 Å². The van der Waals surface area contributed by atoms with E-state index in [1.54, 1.807) is 26.0 Å². The lowest BCUT2D eigenvalue weighted by atomic mass is 10.0. The maximum absolute atomic E-state index is 11.9. The normalized spacial score (nSPS) is 14.2. The van der Waals surface area contributed by atoms with E-state index >= 15 is 0 Å². The van der Waals surface area contributed by atoms with Crippen molar-refractivity contribution >= 4 is 5.69 Å². The second kappa shape index (κ2) is 11.6. The summed E-state index contributed by atoms with van der Waals surface area (Å²) < 4.78 is 17.4. The van der Waals surface area contributed by atoms with Crippen molar-refractivity contribution in [1.82, 2.24) is 9.55 Å². The molecule has 12 heteroatoms. The Hall–Kier alpha value is -2.90. The van der Waals surface area contributed by atoms with E-state index in [1.165, 1.54) is 23.9 Å². The van der Waals surface area contributed by atoms with E-state index in [2.05, 4.69) is 4.98 Å². The highest BCUT2D eigenvalue weighted by molar-refractivity contribution is 5.44. The first-order valence-corrected chi connectivity index (χ1v) is 9.85. The molecule has 0 amide bonds. The Bertz CT molecular complexity index is 1030. The first-order chi connectivity index (χ1) is 15.2. The van der Waals surface area contributed by atoms with Crippen molar-refractivity contribution in [1.29, 1.82) is 0 Å². The molecule has 0 aliphatic rings. The number of methoxy groups -OCH3 is 1. The molecule has 12 nitrogen and oxygen atoms in total. The molecule has 2 rings (SSSR count). The van der Waals surface area contributed by atoms with Crippen molar-refractivity contribution < 1.29 is 24.2 Å². The van der Waals surface area contributed by atoms with E-state index in [4.69, 9.17) is 19.9 Å². The van der Waals surface area contributed by atoms with Crippen LogP contribution in [0.5, 0.6) is 0 Å². The first kappa shape index (κ1) is 25.4. The fraction of sp³-hybridized carbons (Fsp3) is 0.500. The molecule has 2 aromatic rings. The average Bonchev–Trinajstić information content (AvgIpc) is 2.76. The van der Waals surface area contributed by atoms with Gasteiger partial charge in [0.1, 0.15) is 19.0 Å². The van der Waals surface area contributed by atoms with Crippen LogP contribution in [0.15, 0.2) is 34.0 Å². The molecule has 3 atom stereocenters. The Morgan fingerprint density at radius 1 is 1.34 bits per heavy atom. The van der Waals surface area contributed by atoms with E-state index in [-0.39, 0.29) is 32.2 Å². The number of aliphatic hydroxyl groups is 1. The molecule has 1 aromatic heterocycles. The fourth-order valence-electron chi connectivity index (χ4n) is 3.04. The number of hydrogen-bond donors (Lipinski definition) is 3. The molecule has 0 saturated heterocycles. The number of aromatic nitrogens is 2. The van der Waals surface area contributed by atoms with E-state index in [1.807, 2.05) is 0 Å². The van der Waals surface area contributed by atoms with Gasteiger partial charge in [0, 0.05) is 31.5 Å².